The van der Waals surface area contributed by atoms with Gasteiger partial charge in [0.2, 0.25) is 0 Å². The van der Waals surface area contributed by atoms with Gasteiger partial charge in [-0.15, -0.1) is 0 Å². The van der Waals surface area contributed by atoms with Gasteiger partial charge in [-0.05, 0) is 46.3 Å². The normalized spacial score (nSPS) is 11.7. The smallest absolute Gasteiger partial charge is 0.416 e. The molecule has 23 heavy (non-hydrogen) atoms. The van der Waals surface area contributed by atoms with Crippen molar-refractivity contribution in [3.05, 3.63) is 52.0 Å². The summed E-state index contributed by atoms with van der Waals surface area (Å²) in [5, 5.41) is 13.5. The minimum atomic E-state index is -4.41. The monoisotopic (exact) mass is 388 g/mol. The average molecular weight is 389 g/mol. The Labute approximate surface area is 138 Å². The van der Waals surface area contributed by atoms with E-state index in [2.05, 4.69) is 26.5 Å². The molecule has 2 rings (SSSR count). The Morgan fingerprint density at radius 3 is 2.65 bits per heavy atom. The highest BCUT2D eigenvalue weighted by Gasteiger charge is 2.30. The number of hydrogen-bond acceptors (Lipinski definition) is 4. The van der Waals surface area contributed by atoms with Gasteiger partial charge in [-0.2, -0.15) is 18.3 Å². The van der Waals surface area contributed by atoms with E-state index in [9.17, 15) is 18.3 Å². The molecule has 0 aromatic heterocycles. The van der Waals surface area contributed by atoms with E-state index in [1.54, 1.807) is 0 Å². The van der Waals surface area contributed by atoms with Gasteiger partial charge < -0.3 is 9.84 Å². The second-order valence-corrected chi connectivity index (χ2v) is 5.35. The van der Waals surface area contributed by atoms with Crippen LogP contribution in [0, 0.1) is 0 Å². The van der Waals surface area contributed by atoms with Crippen LogP contribution >= 0.6 is 15.9 Å². The number of hydrogen-bond donors (Lipinski definition) is 2. The molecule has 0 spiro atoms. The first-order valence-corrected chi connectivity index (χ1v) is 7.13. The average Bonchev–Trinajstić information content (AvgIpc) is 2.49. The van der Waals surface area contributed by atoms with Crippen LogP contribution in [0.3, 0.4) is 0 Å². The number of alkyl halides is 3. The van der Waals surface area contributed by atoms with E-state index in [1.165, 1.54) is 37.6 Å². The topological polar surface area (TPSA) is 53.8 Å². The summed E-state index contributed by atoms with van der Waals surface area (Å²) in [4.78, 5) is 0. The Morgan fingerprint density at radius 1 is 1.26 bits per heavy atom. The molecule has 0 saturated carbocycles. The number of nitrogens with zero attached hydrogens (tertiary/aromatic N) is 1. The van der Waals surface area contributed by atoms with E-state index >= 15 is 0 Å². The van der Waals surface area contributed by atoms with Crippen molar-refractivity contribution in [3.8, 4) is 11.5 Å². The predicted molar refractivity (Wildman–Crippen MR) is 85.0 cm³/mol. The number of phenolic OH excluding ortho intramolecular Hbond substituents is 1. The van der Waals surface area contributed by atoms with Crippen LogP contribution in [0.25, 0.3) is 0 Å². The van der Waals surface area contributed by atoms with Crippen LogP contribution in [-0.4, -0.2) is 18.4 Å². The highest BCUT2D eigenvalue weighted by Crippen LogP contribution is 2.32. The third-order valence-corrected chi connectivity index (χ3v) is 3.57. The van der Waals surface area contributed by atoms with Crippen molar-refractivity contribution in [3.63, 3.8) is 0 Å². The second kappa shape index (κ2) is 6.91. The third-order valence-electron chi connectivity index (χ3n) is 2.89. The summed E-state index contributed by atoms with van der Waals surface area (Å²) >= 11 is 3.25. The largest absolute Gasteiger partial charge is 0.504 e. The van der Waals surface area contributed by atoms with Crippen LogP contribution in [0.15, 0.2) is 46.0 Å². The fraction of sp³-hybridized carbons (Fsp3) is 0.133. The number of anilines is 1. The summed E-state index contributed by atoms with van der Waals surface area (Å²) in [5.74, 6) is 0.219. The molecule has 8 heteroatoms. The molecule has 0 saturated heterocycles. The van der Waals surface area contributed by atoms with Crippen molar-refractivity contribution in [1.29, 1.82) is 0 Å². The van der Waals surface area contributed by atoms with Gasteiger partial charge in [-0.25, -0.2) is 0 Å². The van der Waals surface area contributed by atoms with Gasteiger partial charge in [0.1, 0.15) is 0 Å². The van der Waals surface area contributed by atoms with Crippen LogP contribution < -0.4 is 10.2 Å². The Morgan fingerprint density at radius 2 is 2.00 bits per heavy atom. The molecule has 122 valence electrons. The Kier molecular flexibility index (Phi) is 5.15. The first-order valence-electron chi connectivity index (χ1n) is 6.34. The van der Waals surface area contributed by atoms with E-state index in [-0.39, 0.29) is 17.2 Å². The first kappa shape index (κ1) is 17.1. The number of aromatic hydroxyl groups is 1. The molecule has 0 aliphatic rings. The van der Waals surface area contributed by atoms with Gasteiger partial charge >= 0.3 is 6.18 Å². The number of benzene rings is 2. The summed E-state index contributed by atoms with van der Waals surface area (Å²) in [5.41, 5.74) is 2.56. The lowest BCUT2D eigenvalue weighted by Gasteiger charge is -2.08. The Bertz CT molecular complexity index is 733. The zero-order chi connectivity index (χ0) is 17.0. The van der Waals surface area contributed by atoms with Crippen LogP contribution in [-0.2, 0) is 6.18 Å². The van der Waals surface area contributed by atoms with E-state index in [1.807, 2.05) is 0 Å². The first-order chi connectivity index (χ1) is 10.8. The quantitative estimate of drug-likeness (QED) is 0.593. The SMILES string of the molecule is COc1cc(/C=N\Nc2cccc(C(F)(F)F)c2)c(Br)cc1O. The molecular formula is C15H12BrF3N2O2. The van der Waals surface area contributed by atoms with Crippen molar-refractivity contribution in [2.75, 3.05) is 12.5 Å². The van der Waals surface area contributed by atoms with Crippen molar-refractivity contribution >= 4 is 27.8 Å². The molecule has 0 aliphatic heterocycles. The summed E-state index contributed by atoms with van der Waals surface area (Å²) in [7, 11) is 1.41. The minimum Gasteiger partial charge on any atom is -0.504 e. The minimum absolute atomic E-state index is 0.0395. The van der Waals surface area contributed by atoms with Crippen molar-refractivity contribution < 1.29 is 23.0 Å². The van der Waals surface area contributed by atoms with Gasteiger partial charge in [-0.1, -0.05) is 6.07 Å². The van der Waals surface area contributed by atoms with Gasteiger partial charge in [0, 0.05) is 10.0 Å². The molecule has 0 atom stereocenters. The zero-order valence-corrected chi connectivity index (χ0v) is 13.4. The predicted octanol–water partition coefficient (Wildman–Crippen LogP) is 4.63. The zero-order valence-electron chi connectivity index (χ0n) is 11.9. The van der Waals surface area contributed by atoms with Crippen molar-refractivity contribution in [2.45, 2.75) is 6.18 Å². The summed E-state index contributed by atoms with van der Waals surface area (Å²) in [6, 6.07) is 7.68. The van der Waals surface area contributed by atoms with Gasteiger partial charge in [0.05, 0.1) is 24.6 Å². The van der Waals surface area contributed by atoms with Gasteiger partial charge in [-0.3, -0.25) is 5.43 Å². The maximum Gasteiger partial charge on any atom is 0.416 e. The number of methoxy groups -OCH3 is 1. The molecule has 0 amide bonds. The third kappa shape index (κ3) is 4.38. The molecule has 2 aromatic rings. The fourth-order valence-electron chi connectivity index (χ4n) is 1.76. The molecule has 0 fully saturated rings. The van der Waals surface area contributed by atoms with Crippen molar-refractivity contribution in [1.82, 2.24) is 0 Å². The molecule has 0 radical (unpaired) electrons. The number of halogens is 4. The maximum atomic E-state index is 12.6. The van der Waals surface area contributed by atoms with Gasteiger partial charge in [0.15, 0.2) is 11.5 Å². The highest BCUT2D eigenvalue weighted by atomic mass is 79.9. The number of hydrazone groups is 1. The Balaban J connectivity index is 2.17. The molecule has 0 bridgehead atoms. The number of nitrogens with one attached hydrogen (secondary N) is 1. The van der Waals surface area contributed by atoms with Crippen LogP contribution in [0.2, 0.25) is 0 Å². The van der Waals surface area contributed by atoms with E-state index in [4.69, 9.17) is 4.74 Å². The molecule has 0 heterocycles. The van der Waals surface area contributed by atoms with E-state index in [0.29, 0.717) is 10.0 Å². The van der Waals surface area contributed by atoms with Crippen LogP contribution in [0.5, 0.6) is 11.5 Å². The lowest BCUT2D eigenvalue weighted by Crippen LogP contribution is -2.05. The fourth-order valence-corrected chi connectivity index (χ4v) is 2.20. The molecule has 2 aromatic carbocycles. The number of phenols is 1. The summed E-state index contributed by atoms with van der Waals surface area (Å²) < 4.78 is 43.4. The van der Waals surface area contributed by atoms with E-state index in [0.717, 1.165) is 12.1 Å². The Hall–Kier alpha value is -2.22. The standard InChI is InChI=1S/C15H12BrF3N2O2/c1-23-14-5-9(12(16)7-13(14)22)8-20-21-11-4-2-3-10(6-11)15(17,18)19/h2-8,21-22H,1H3/b20-8-. The number of rotatable bonds is 4. The molecule has 4 nitrogen and oxygen atoms in total. The lowest BCUT2D eigenvalue weighted by atomic mass is 10.2. The highest BCUT2D eigenvalue weighted by molar-refractivity contribution is 9.10. The molecular weight excluding hydrogens is 377 g/mol. The maximum absolute atomic E-state index is 12.6. The lowest BCUT2D eigenvalue weighted by molar-refractivity contribution is -0.137. The summed E-state index contributed by atoms with van der Waals surface area (Å²) in [6.07, 6.45) is -3.01. The van der Waals surface area contributed by atoms with E-state index < -0.39 is 11.7 Å². The molecule has 0 aliphatic carbocycles. The summed E-state index contributed by atoms with van der Waals surface area (Å²) in [6.45, 7) is 0. The number of ether oxygens (including phenoxy) is 1. The van der Waals surface area contributed by atoms with Crippen molar-refractivity contribution in [2.24, 2.45) is 5.10 Å². The van der Waals surface area contributed by atoms with Crippen LogP contribution in [0.1, 0.15) is 11.1 Å². The van der Waals surface area contributed by atoms with Gasteiger partial charge in [0.25, 0.3) is 0 Å². The second-order valence-electron chi connectivity index (χ2n) is 4.49. The molecule has 2 N–H and O–H groups in total. The molecule has 0 unspecified atom stereocenters. The van der Waals surface area contributed by atoms with Crippen LogP contribution in [0.4, 0.5) is 18.9 Å².